The Bertz CT molecular complexity index is 386. The molecule has 0 radical (unpaired) electrons. The standard InChI is InChI=1S/C18H33N3O2.2ClH/c1-23-14-18(8-10-19-11-9-18)17(22)20-15-6-12-21(13-7-15)16-4-2-3-5-16;;/h15-16,19H,2-14H2,1H3,(H,20,22);2*1H. The van der Waals surface area contributed by atoms with E-state index in [4.69, 9.17) is 4.74 Å². The zero-order valence-corrected chi connectivity index (χ0v) is 17.1. The molecule has 2 N–H and O–H groups in total. The van der Waals surface area contributed by atoms with Crippen LogP contribution in [0.4, 0.5) is 0 Å². The summed E-state index contributed by atoms with van der Waals surface area (Å²) in [6.45, 7) is 4.66. The van der Waals surface area contributed by atoms with Gasteiger partial charge < -0.3 is 20.3 Å². The van der Waals surface area contributed by atoms with Crippen molar-refractivity contribution in [2.24, 2.45) is 5.41 Å². The number of hydrogen-bond acceptors (Lipinski definition) is 4. The van der Waals surface area contributed by atoms with Crippen LogP contribution >= 0.6 is 24.8 Å². The largest absolute Gasteiger partial charge is 0.384 e. The van der Waals surface area contributed by atoms with Gasteiger partial charge in [-0.05, 0) is 51.6 Å². The molecule has 2 heterocycles. The minimum absolute atomic E-state index is 0. The van der Waals surface area contributed by atoms with Crippen LogP contribution in [-0.4, -0.2) is 62.8 Å². The summed E-state index contributed by atoms with van der Waals surface area (Å²) < 4.78 is 5.38. The van der Waals surface area contributed by atoms with E-state index in [-0.39, 0.29) is 36.1 Å². The fourth-order valence-electron chi connectivity index (χ4n) is 4.64. The van der Waals surface area contributed by atoms with Gasteiger partial charge in [0.2, 0.25) is 5.91 Å². The van der Waals surface area contributed by atoms with Crippen LogP contribution in [0.2, 0.25) is 0 Å². The van der Waals surface area contributed by atoms with E-state index in [0.717, 1.165) is 57.9 Å². The zero-order valence-electron chi connectivity index (χ0n) is 15.4. The van der Waals surface area contributed by atoms with E-state index in [2.05, 4.69) is 15.5 Å². The molecule has 5 nitrogen and oxygen atoms in total. The number of rotatable bonds is 5. The summed E-state index contributed by atoms with van der Waals surface area (Å²) in [5.74, 6) is 0.222. The van der Waals surface area contributed by atoms with Crippen molar-refractivity contribution < 1.29 is 9.53 Å². The van der Waals surface area contributed by atoms with Crippen molar-refractivity contribution in [3.63, 3.8) is 0 Å². The highest BCUT2D eigenvalue weighted by atomic mass is 35.5. The smallest absolute Gasteiger partial charge is 0.228 e. The molecule has 7 heteroatoms. The van der Waals surface area contributed by atoms with Crippen molar-refractivity contribution in [1.82, 2.24) is 15.5 Å². The third-order valence-corrected chi connectivity index (χ3v) is 6.17. The van der Waals surface area contributed by atoms with Crippen LogP contribution in [0.3, 0.4) is 0 Å². The van der Waals surface area contributed by atoms with Gasteiger partial charge >= 0.3 is 0 Å². The Balaban J connectivity index is 0.00000156. The van der Waals surface area contributed by atoms with E-state index in [9.17, 15) is 4.79 Å². The highest BCUT2D eigenvalue weighted by Gasteiger charge is 2.40. The van der Waals surface area contributed by atoms with Crippen molar-refractivity contribution in [2.75, 3.05) is 39.9 Å². The summed E-state index contributed by atoms with van der Waals surface area (Å²) >= 11 is 0. The lowest BCUT2D eigenvalue weighted by Crippen LogP contribution is -2.54. The normalized spacial score (nSPS) is 25.0. The lowest BCUT2D eigenvalue weighted by atomic mass is 9.78. The predicted molar refractivity (Wildman–Crippen MR) is 106 cm³/mol. The first-order chi connectivity index (χ1) is 11.2. The fraction of sp³-hybridized carbons (Fsp3) is 0.944. The van der Waals surface area contributed by atoms with Crippen LogP contribution in [0, 0.1) is 5.41 Å². The third kappa shape index (κ3) is 5.70. The summed E-state index contributed by atoms with van der Waals surface area (Å²) in [4.78, 5) is 15.5. The molecule has 2 aliphatic heterocycles. The maximum absolute atomic E-state index is 12.9. The zero-order chi connectivity index (χ0) is 16.1. The van der Waals surface area contributed by atoms with Gasteiger partial charge in [-0.1, -0.05) is 12.8 Å². The Morgan fingerprint density at radius 1 is 1.12 bits per heavy atom. The molecule has 3 aliphatic rings. The van der Waals surface area contributed by atoms with Gasteiger partial charge in [-0.2, -0.15) is 0 Å². The molecule has 0 unspecified atom stereocenters. The first-order valence-electron chi connectivity index (χ1n) is 9.48. The van der Waals surface area contributed by atoms with Crippen LogP contribution in [-0.2, 0) is 9.53 Å². The average Bonchev–Trinajstić information content (AvgIpc) is 3.11. The quantitative estimate of drug-likeness (QED) is 0.749. The molecule has 0 bridgehead atoms. The van der Waals surface area contributed by atoms with Gasteiger partial charge in [0, 0.05) is 32.3 Å². The second-order valence-electron chi connectivity index (χ2n) is 7.69. The summed E-state index contributed by atoms with van der Waals surface area (Å²) in [5.41, 5.74) is -0.317. The van der Waals surface area contributed by atoms with Crippen LogP contribution in [0.1, 0.15) is 51.4 Å². The number of nitrogens with one attached hydrogen (secondary N) is 2. The summed E-state index contributed by atoms with van der Waals surface area (Å²) in [6.07, 6.45) is 9.51. The molecule has 0 atom stereocenters. The molecule has 148 valence electrons. The predicted octanol–water partition coefficient (Wildman–Crippen LogP) is 2.37. The number of halogens is 2. The molecule has 0 aromatic carbocycles. The Kier molecular flexibility index (Phi) is 10.0. The maximum atomic E-state index is 12.9. The number of piperidine rings is 2. The van der Waals surface area contributed by atoms with Gasteiger partial charge in [0.15, 0.2) is 0 Å². The van der Waals surface area contributed by atoms with Crippen molar-refractivity contribution >= 4 is 30.7 Å². The number of carbonyl (C=O) groups is 1. The second-order valence-corrected chi connectivity index (χ2v) is 7.69. The molecule has 3 rings (SSSR count). The van der Waals surface area contributed by atoms with Crippen molar-refractivity contribution in [3.05, 3.63) is 0 Å². The van der Waals surface area contributed by atoms with Crippen LogP contribution < -0.4 is 10.6 Å². The van der Waals surface area contributed by atoms with Gasteiger partial charge in [-0.3, -0.25) is 4.79 Å². The highest BCUT2D eigenvalue weighted by Crippen LogP contribution is 2.31. The van der Waals surface area contributed by atoms with Crippen LogP contribution in [0.15, 0.2) is 0 Å². The van der Waals surface area contributed by atoms with Gasteiger partial charge in [0.05, 0.1) is 12.0 Å². The topological polar surface area (TPSA) is 53.6 Å². The summed E-state index contributed by atoms with van der Waals surface area (Å²) in [7, 11) is 1.71. The number of amides is 1. The van der Waals surface area contributed by atoms with Crippen molar-refractivity contribution in [3.8, 4) is 0 Å². The number of hydrogen-bond donors (Lipinski definition) is 2. The van der Waals surface area contributed by atoms with Crippen LogP contribution in [0.5, 0.6) is 0 Å². The first kappa shape index (κ1) is 23.0. The molecular formula is C18H35Cl2N3O2. The molecule has 2 saturated heterocycles. The Morgan fingerprint density at radius 2 is 1.72 bits per heavy atom. The van der Waals surface area contributed by atoms with Gasteiger partial charge in [0.25, 0.3) is 0 Å². The van der Waals surface area contributed by atoms with Crippen LogP contribution in [0.25, 0.3) is 0 Å². The van der Waals surface area contributed by atoms with E-state index >= 15 is 0 Å². The molecular weight excluding hydrogens is 361 g/mol. The monoisotopic (exact) mass is 395 g/mol. The minimum atomic E-state index is -0.317. The highest BCUT2D eigenvalue weighted by molar-refractivity contribution is 5.85. The fourth-order valence-corrected chi connectivity index (χ4v) is 4.64. The molecule has 0 aromatic rings. The molecule has 0 aromatic heterocycles. The summed E-state index contributed by atoms with van der Waals surface area (Å²) in [5, 5.41) is 6.70. The molecule has 0 spiro atoms. The molecule has 25 heavy (non-hydrogen) atoms. The third-order valence-electron chi connectivity index (χ3n) is 6.17. The lowest BCUT2D eigenvalue weighted by Gasteiger charge is -2.40. The maximum Gasteiger partial charge on any atom is 0.228 e. The number of likely N-dealkylation sites (tertiary alicyclic amines) is 1. The van der Waals surface area contributed by atoms with E-state index < -0.39 is 0 Å². The SMILES string of the molecule is COCC1(C(=O)NC2CCN(C3CCCC3)CC2)CCNCC1.Cl.Cl. The van der Waals surface area contributed by atoms with Gasteiger partial charge in [-0.15, -0.1) is 24.8 Å². The Morgan fingerprint density at radius 3 is 2.28 bits per heavy atom. The van der Waals surface area contributed by atoms with E-state index in [1.807, 2.05) is 0 Å². The number of methoxy groups -OCH3 is 1. The molecule has 1 amide bonds. The van der Waals surface area contributed by atoms with E-state index in [0.29, 0.717) is 12.6 Å². The Hall–Kier alpha value is -0.0700. The number of carbonyl (C=O) groups excluding carboxylic acids is 1. The van der Waals surface area contributed by atoms with Crippen molar-refractivity contribution in [2.45, 2.75) is 63.5 Å². The summed E-state index contributed by atoms with van der Waals surface area (Å²) in [6, 6.07) is 1.17. The number of nitrogens with zero attached hydrogens (tertiary/aromatic N) is 1. The minimum Gasteiger partial charge on any atom is -0.384 e. The number of ether oxygens (including phenoxy) is 1. The molecule has 1 saturated carbocycles. The van der Waals surface area contributed by atoms with E-state index in [1.165, 1.54) is 25.7 Å². The molecule has 1 aliphatic carbocycles. The average molecular weight is 396 g/mol. The molecule has 3 fully saturated rings. The van der Waals surface area contributed by atoms with Gasteiger partial charge in [0.1, 0.15) is 0 Å². The lowest BCUT2D eigenvalue weighted by molar-refractivity contribution is -0.137. The second kappa shape index (κ2) is 10.9. The van der Waals surface area contributed by atoms with E-state index in [1.54, 1.807) is 7.11 Å². The van der Waals surface area contributed by atoms with Gasteiger partial charge in [-0.25, -0.2) is 0 Å². The van der Waals surface area contributed by atoms with Crippen molar-refractivity contribution in [1.29, 1.82) is 0 Å². The first-order valence-corrected chi connectivity index (χ1v) is 9.48. The Labute approximate surface area is 164 Å².